The third-order valence-electron chi connectivity index (χ3n) is 2.47. The van der Waals surface area contributed by atoms with Gasteiger partial charge in [-0.15, -0.1) is 11.8 Å². The summed E-state index contributed by atoms with van der Waals surface area (Å²) in [5.74, 6) is 0.708. The fourth-order valence-corrected chi connectivity index (χ4v) is 2.18. The molecule has 1 unspecified atom stereocenters. The van der Waals surface area contributed by atoms with Gasteiger partial charge in [0.25, 0.3) is 0 Å². The van der Waals surface area contributed by atoms with Crippen LogP contribution in [0.2, 0.25) is 0 Å². The number of alkyl carbamates (subject to hydrolysis) is 1. The Labute approximate surface area is 128 Å². The van der Waals surface area contributed by atoms with E-state index in [-0.39, 0.29) is 0 Å². The van der Waals surface area contributed by atoms with Gasteiger partial charge in [-0.3, -0.25) is 0 Å². The largest absolute Gasteiger partial charge is 0.486 e. The summed E-state index contributed by atoms with van der Waals surface area (Å²) in [6.07, 6.45) is 0.745. The van der Waals surface area contributed by atoms with E-state index in [1.54, 1.807) is 6.92 Å². The topological polar surface area (TPSA) is 88.0 Å². The monoisotopic (exact) mass is 311 g/mol. The minimum atomic E-state index is -1.73. The molecule has 1 amide bonds. The standard InChI is InChI=1S/C13H18BNO5S/c1-9-6-4-5-7-11(9)20-8-10(2)21-12(14(17)18)15-13(16)19-3/h4-8,12,17-18H,1-3H3,(H,15,16)/b10-8+. The molecule has 0 radical (unpaired) electrons. The van der Waals surface area contributed by atoms with Gasteiger partial charge in [0.1, 0.15) is 17.3 Å². The van der Waals surface area contributed by atoms with Crippen LogP contribution in [0.25, 0.3) is 0 Å². The number of carbonyl (C=O) groups excluding carboxylic acids is 1. The predicted octanol–water partition coefficient (Wildman–Crippen LogP) is 1.66. The molecule has 1 rings (SSSR count). The number of amides is 1. The van der Waals surface area contributed by atoms with Gasteiger partial charge in [-0.2, -0.15) is 0 Å². The van der Waals surface area contributed by atoms with Crippen molar-refractivity contribution in [2.24, 2.45) is 0 Å². The molecule has 1 atom stereocenters. The molecule has 0 heterocycles. The van der Waals surface area contributed by atoms with E-state index in [2.05, 4.69) is 10.1 Å². The number of hydrogen-bond donors (Lipinski definition) is 3. The molecule has 6 nitrogen and oxygen atoms in total. The summed E-state index contributed by atoms with van der Waals surface area (Å²) in [6.45, 7) is 3.65. The molecule has 0 aliphatic heterocycles. The number of allylic oxidation sites excluding steroid dienone is 1. The van der Waals surface area contributed by atoms with Gasteiger partial charge in [0.2, 0.25) is 0 Å². The predicted molar refractivity (Wildman–Crippen MR) is 82.7 cm³/mol. The van der Waals surface area contributed by atoms with E-state index in [9.17, 15) is 14.8 Å². The molecule has 1 aromatic carbocycles. The van der Waals surface area contributed by atoms with E-state index < -0.39 is 18.5 Å². The molecule has 0 spiro atoms. The van der Waals surface area contributed by atoms with Crippen LogP contribution < -0.4 is 10.1 Å². The van der Waals surface area contributed by atoms with Crippen molar-refractivity contribution in [2.75, 3.05) is 7.11 Å². The Hall–Kier alpha value is -1.64. The second kappa shape index (κ2) is 8.61. The number of rotatable bonds is 6. The van der Waals surface area contributed by atoms with Gasteiger partial charge in [-0.25, -0.2) is 4.79 Å². The van der Waals surface area contributed by atoms with Crippen LogP contribution >= 0.6 is 11.8 Å². The van der Waals surface area contributed by atoms with Gasteiger partial charge < -0.3 is 24.8 Å². The number of nitrogens with one attached hydrogen (secondary N) is 1. The summed E-state index contributed by atoms with van der Waals surface area (Å²) in [4.78, 5) is 11.8. The van der Waals surface area contributed by atoms with Crippen molar-refractivity contribution in [3.63, 3.8) is 0 Å². The molecule has 0 fully saturated rings. The number of hydrogen-bond acceptors (Lipinski definition) is 6. The summed E-state index contributed by atoms with van der Waals surface area (Å²) in [6, 6.07) is 7.52. The van der Waals surface area contributed by atoms with Crippen molar-refractivity contribution in [1.29, 1.82) is 0 Å². The average Bonchev–Trinajstić information content (AvgIpc) is 2.45. The minimum Gasteiger partial charge on any atom is -0.464 e. The van der Waals surface area contributed by atoms with E-state index in [1.807, 2.05) is 31.2 Å². The maximum Gasteiger partial charge on any atom is 0.486 e. The fraction of sp³-hybridized carbons (Fsp3) is 0.308. The van der Waals surface area contributed by atoms with Crippen molar-refractivity contribution in [3.8, 4) is 5.75 Å². The Morgan fingerprint density at radius 3 is 2.67 bits per heavy atom. The molecule has 0 saturated heterocycles. The summed E-state index contributed by atoms with van der Waals surface area (Å²) < 4.78 is 9.94. The van der Waals surface area contributed by atoms with Crippen LogP contribution in [-0.4, -0.2) is 35.6 Å². The molecule has 0 saturated carbocycles. The Morgan fingerprint density at radius 1 is 1.43 bits per heavy atom. The number of carbonyl (C=O) groups is 1. The molecular formula is C13H18BNO5S. The molecule has 8 heteroatoms. The number of para-hydroxylation sites is 1. The van der Waals surface area contributed by atoms with Gasteiger partial charge in [-0.1, -0.05) is 18.2 Å². The lowest BCUT2D eigenvalue weighted by atomic mass is 9.92. The lowest BCUT2D eigenvalue weighted by Crippen LogP contribution is -2.44. The highest BCUT2D eigenvalue weighted by atomic mass is 32.2. The first-order valence-electron chi connectivity index (χ1n) is 6.20. The SMILES string of the molecule is COC(=O)NC(S/C(C)=C/Oc1ccccc1C)B(O)O. The zero-order valence-electron chi connectivity index (χ0n) is 12.1. The van der Waals surface area contributed by atoms with Gasteiger partial charge in [0.15, 0.2) is 0 Å². The van der Waals surface area contributed by atoms with Gasteiger partial charge in [-0.05, 0) is 25.5 Å². The van der Waals surface area contributed by atoms with E-state index in [1.165, 1.54) is 13.4 Å². The lowest BCUT2D eigenvalue weighted by molar-refractivity contribution is 0.170. The summed E-state index contributed by atoms with van der Waals surface area (Å²) in [5.41, 5.74) is 0.984. The fourth-order valence-electron chi connectivity index (χ4n) is 1.40. The number of methoxy groups -OCH3 is 1. The van der Waals surface area contributed by atoms with Crippen LogP contribution in [-0.2, 0) is 4.74 Å². The van der Waals surface area contributed by atoms with Gasteiger partial charge in [0.05, 0.1) is 7.11 Å². The van der Waals surface area contributed by atoms with Gasteiger partial charge in [0, 0.05) is 4.91 Å². The third kappa shape index (κ3) is 6.11. The quantitative estimate of drug-likeness (QED) is 0.421. The van der Waals surface area contributed by atoms with E-state index in [0.29, 0.717) is 10.7 Å². The molecule has 114 valence electrons. The highest BCUT2D eigenvalue weighted by Crippen LogP contribution is 2.23. The highest BCUT2D eigenvalue weighted by Gasteiger charge is 2.26. The Morgan fingerprint density at radius 2 is 2.10 bits per heavy atom. The molecule has 3 N–H and O–H groups in total. The highest BCUT2D eigenvalue weighted by molar-refractivity contribution is 8.04. The van der Waals surface area contributed by atoms with Crippen molar-refractivity contribution < 1.29 is 24.3 Å². The Kier molecular flexibility index (Phi) is 7.14. The maximum atomic E-state index is 11.1. The molecule has 1 aromatic rings. The van der Waals surface area contributed by atoms with Crippen LogP contribution in [0.3, 0.4) is 0 Å². The lowest BCUT2D eigenvalue weighted by Gasteiger charge is -2.16. The van der Waals surface area contributed by atoms with E-state index >= 15 is 0 Å². The normalized spacial score (nSPS) is 12.5. The average molecular weight is 311 g/mol. The number of benzene rings is 1. The van der Waals surface area contributed by atoms with Crippen LogP contribution in [0, 0.1) is 6.92 Å². The van der Waals surface area contributed by atoms with Crippen LogP contribution in [0.15, 0.2) is 35.4 Å². The first-order chi connectivity index (χ1) is 9.93. The van der Waals surface area contributed by atoms with Crippen molar-refractivity contribution in [3.05, 3.63) is 41.0 Å². The molecule has 0 bridgehead atoms. The Bertz CT molecular complexity index is 509. The second-order valence-corrected chi connectivity index (χ2v) is 5.59. The maximum absolute atomic E-state index is 11.1. The van der Waals surface area contributed by atoms with Crippen LogP contribution in [0.4, 0.5) is 4.79 Å². The van der Waals surface area contributed by atoms with Crippen LogP contribution in [0.1, 0.15) is 12.5 Å². The van der Waals surface area contributed by atoms with Crippen molar-refractivity contribution in [2.45, 2.75) is 19.1 Å². The molecule has 0 aliphatic carbocycles. The molecule has 21 heavy (non-hydrogen) atoms. The number of aryl methyl sites for hydroxylation is 1. The zero-order valence-corrected chi connectivity index (χ0v) is 12.9. The summed E-state index contributed by atoms with van der Waals surface area (Å²) >= 11 is 1.05. The van der Waals surface area contributed by atoms with Gasteiger partial charge >= 0.3 is 13.2 Å². The molecule has 0 aliphatic rings. The molecule has 0 aromatic heterocycles. The number of thioether (sulfide) groups is 1. The van der Waals surface area contributed by atoms with Crippen LogP contribution in [0.5, 0.6) is 5.75 Å². The van der Waals surface area contributed by atoms with Crippen molar-refractivity contribution >= 4 is 25.0 Å². The first kappa shape index (κ1) is 17.4. The van der Waals surface area contributed by atoms with E-state index in [4.69, 9.17) is 4.74 Å². The van der Waals surface area contributed by atoms with Crippen molar-refractivity contribution in [1.82, 2.24) is 5.32 Å². The first-order valence-corrected chi connectivity index (χ1v) is 7.08. The minimum absolute atomic E-state index is 0.660. The Balaban J connectivity index is 2.64. The van der Waals surface area contributed by atoms with E-state index in [0.717, 1.165) is 17.3 Å². The third-order valence-corrected chi connectivity index (χ3v) is 3.56. The second-order valence-electron chi connectivity index (χ2n) is 4.20. The summed E-state index contributed by atoms with van der Waals surface area (Å²) in [7, 11) is -0.527. The smallest absolute Gasteiger partial charge is 0.464 e. The zero-order chi connectivity index (χ0) is 15.8. The molecular weight excluding hydrogens is 293 g/mol. The number of ether oxygens (including phenoxy) is 2. The summed E-state index contributed by atoms with van der Waals surface area (Å²) in [5, 5.41) is 19.8.